The van der Waals surface area contributed by atoms with Crippen molar-refractivity contribution in [2.45, 2.75) is 11.8 Å². The van der Waals surface area contributed by atoms with E-state index in [0.29, 0.717) is 5.75 Å². The number of carboxylic acid groups (broad SMARTS) is 1. The number of thioether (sulfide) groups is 1. The lowest BCUT2D eigenvalue weighted by molar-refractivity contribution is 0.0696. The lowest BCUT2D eigenvalue weighted by Gasteiger charge is -2.05. The van der Waals surface area contributed by atoms with Crippen LogP contribution < -0.4 is 0 Å². The number of aromatic carboxylic acids is 1. The number of benzene rings is 1. The van der Waals surface area contributed by atoms with Crippen LogP contribution in [0.3, 0.4) is 0 Å². The van der Waals surface area contributed by atoms with E-state index in [4.69, 9.17) is 10.2 Å². The summed E-state index contributed by atoms with van der Waals surface area (Å²) in [6, 6.07) is 5.00. The van der Waals surface area contributed by atoms with E-state index in [-0.39, 0.29) is 12.2 Å². The summed E-state index contributed by atoms with van der Waals surface area (Å²) in [5, 5.41) is 17.4. The minimum Gasteiger partial charge on any atom is -0.478 e. The number of aliphatic hydroxyl groups excluding tert-OH is 1. The average Bonchev–Trinajstić information content (AvgIpc) is 2.16. The fraction of sp³-hybridized carbons (Fsp3) is 0.300. The van der Waals surface area contributed by atoms with Crippen LogP contribution in [0.1, 0.15) is 15.9 Å². The van der Waals surface area contributed by atoms with Gasteiger partial charge in [-0.15, -0.1) is 11.8 Å². The molecule has 0 radical (unpaired) electrons. The van der Waals surface area contributed by atoms with Crippen molar-refractivity contribution in [3.05, 3.63) is 29.3 Å². The zero-order valence-corrected chi connectivity index (χ0v) is 8.67. The molecule has 2 N–H and O–H groups in total. The highest BCUT2D eigenvalue weighted by molar-refractivity contribution is 7.99. The molecule has 0 heterocycles. The second kappa shape index (κ2) is 5.02. The first kappa shape index (κ1) is 11.1. The summed E-state index contributed by atoms with van der Waals surface area (Å²) in [7, 11) is 0. The van der Waals surface area contributed by atoms with Gasteiger partial charge in [-0.1, -0.05) is 6.07 Å². The molecule has 14 heavy (non-hydrogen) atoms. The number of hydrogen-bond donors (Lipinski definition) is 2. The maximum atomic E-state index is 10.7. The molecule has 0 saturated heterocycles. The number of aliphatic hydroxyl groups is 1. The van der Waals surface area contributed by atoms with Gasteiger partial charge in [0.05, 0.1) is 12.2 Å². The maximum Gasteiger partial charge on any atom is 0.335 e. The maximum absolute atomic E-state index is 10.7. The predicted octanol–water partition coefficient (Wildman–Crippen LogP) is 1.78. The van der Waals surface area contributed by atoms with Gasteiger partial charge in [0.1, 0.15) is 0 Å². The SMILES string of the molecule is Cc1ccc(C(=O)O)cc1SCCO. The molecule has 0 spiro atoms. The molecule has 4 heteroatoms. The van der Waals surface area contributed by atoms with Crippen molar-refractivity contribution in [2.24, 2.45) is 0 Å². The number of carbonyl (C=O) groups is 1. The van der Waals surface area contributed by atoms with Crippen molar-refractivity contribution in [3.63, 3.8) is 0 Å². The smallest absolute Gasteiger partial charge is 0.335 e. The summed E-state index contributed by atoms with van der Waals surface area (Å²) in [5.41, 5.74) is 1.32. The molecule has 1 aromatic carbocycles. The Morgan fingerprint density at radius 3 is 2.79 bits per heavy atom. The van der Waals surface area contributed by atoms with Crippen molar-refractivity contribution < 1.29 is 15.0 Å². The molecule has 76 valence electrons. The van der Waals surface area contributed by atoms with Crippen molar-refractivity contribution in [3.8, 4) is 0 Å². The molecule has 1 aromatic rings. The number of aryl methyl sites for hydroxylation is 1. The largest absolute Gasteiger partial charge is 0.478 e. The molecule has 0 unspecified atom stereocenters. The molecule has 0 aliphatic carbocycles. The molecule has 3 nitrogen and oxygen atoms in total. The fourth-order valence-corrected chi connectivity index (χ4v) is 1.86. The van der Waals surface area contributed by atoms with Gasteiger partial charge in [0.25, 0.3) is 0 Å². The monoisotopic (exact) mass is 212 g/mol. The molecule has 0 aliphatic heterocycles. The number of carboxylic acids is 1. The second-order valence-electron chi connectivity index (χ2n) is 2.86. The second-order valence-corrected chi connectivity index (χ2v) is 3.99. The quantitative estimate of drug-likeness (QED) is 0.747. The van der Waals surface area contributed by atoms with Gasteiger partial charge in [0, 0.05) is 10.6 Å². The third-order valence-corrected chi connectivity index (χ3v) is 2.92. The van der Waals surface area contributed by atoms with Crippen LogP contribution in [-0.4, -0.2) is 28.5 Å². The van der Waals surface area contributed by atoms with Crippen LogP contribution in [0.15, 0.2) is 23.1 Å². The molecular formula is C10H12O3S. The first-order chi connectivity index (χ1) is 6.65. The van der Waals surface area contributed by atoms with Gasteiger partial charge in [-0.05, 0) is 24.6 Å². The lowest BCUT2D eigenvalue weighted by Crippen LogP contribution is -1.97. The average molecular weight is 212 g/mol. The normalized spacial score (nSPS) is 10.1. The third-order valence-electron chi connectivity index (χ3n) is 1.78. The zero-order chi connectivity index (χ0) is 10.6. The van der Waals surface area contributed by atoms with Gasteiger partial charge in [-0.2, -0.15) is 0 Å². The van der Waals surface area contributed by atoms with Gasteiger partial charge >= 0.3 is 5.97 Å². The zero-order valence-electron chi connectivity index (χ0n) is 7.86. The van der Waals surface area contributed by atoms with Crippen LogP contribution in [0, 0.1) is 6.92 Å². The van der Waals surface area contributed by atoms with E-state index in [1.54, 1.807) is 18.2 Å². The van der Waals surface area contributed by atoms with Crippen LogP contribution in [0.25, 0.3) is 0 Å². The Kier molecular flexibility index (Phi) is 3.98. The van der Waals surface area contributed by atoms with Gasteiger partial charge in [-0.25, -0.2) is 4.79 Å². The van der Waals surface area contributed by atoms with Gasteiger partial charge in [0.2, 0.25) is 0 Å². The first-order valence-corrected chi connectivity index (χ1v) is 5.21. The van der Waals surface area contributed by atoms with E-state index < -0.39 is 5.97 Å². The summed E-state index contributed by atoms with van der Waals surface area (Å²) in [5.74, 6) is -0.333. The molecule has 0 fully saturated rings. The van der Waals surface area contributed by atoms with Crippen LogP contribution in [0.4, 0.5) is 0 Å². The topological polar surface area (TPSA) is 57.5 Å². The molecule has 0 aliphatic rings. The van der Waals surface area contributed by atoms with Gasteiger partial charge < -0.3 is 10.2 Å². The highest BCUT2D eigenvalue weighted by Crippen LogP contribution is 2.23. The van der Waals surface area contributed by atoms with Gasteiger partial charge in [-0.3, -0.25) is 0 Å². The minimum absolute atomic E-state index is 0.0986. The number of rotatable bonds is 4. The summed E-state index contributed by atoms with van der Waals surface area (Å²) >= 11 is 1.47. The first-order valence-electron chi connectivity index (χ1n) is 4.22. The van der Waals surface area contributed by atoms with Crippen molar-refractivity contribution in [2.75, 3.05) is 12.4 Å². The molecule has 0 amide bonds. The molecule has 1 rings (SSSR count). The minimum atomic E-state index is -0.921. The molecular weight excluding hydrogens is 200 g/mol. The standard InChI is InChI=1S/C10H12O3S/c1-7-2-3-8(10(12)13)6-9(7)14-5-4-11/h2-3,6,11H,4-5H2,1H3,(H,12,13). The number of hydrogen-bond acceptors (Lipinski definition) is 3. The summed E-state index contributed by atoms with van der Waals surface area (Å²) in [6.45, 7) is 2.02. The molecule has 0 saturated carbocycles. The van der Waals surface area contributed by atoms with E-state index in [1.165, 1.54) is 11.8 Å². The van der Waals surface area contributed by atoms with Crippen LogP contribution in [0.2, 0.25) is 0 Å². The molecule has 0 bridgehead atoms. The van der Waals surface area contributed by atoms with Crippen LogP contribution >= 0.6 is 11.8 Å². The van der Waals surface area contributed by atoms with Crippen molar-refractivity contribution in [1.29, 1.82) is 0 Å². The summed E-state index contributed by atoms with van der Waals surface area (Å²) in [4.78, 5) is 11.6. The Labute approximate surface area is 86.8 Å². The van der Waals surface area contributed by atoms with Crippen LogP contribution in [0.5, 0.6) is 0 Å². The van der Waals surface area contributed by atoms with Crippen LogP contribution in [-0.2, 0) is 0 Å². The molecule has 0 atom stereocenters. The highest BCUT2D eigenvalue weighted by Gasteiger charge is 2.05. The van der Waals surface area contributed by atoms with E-state index in [0.717, 1.165) is 10.5 Å². The Morgan fingerprint density at radius 2 is 2.21 bits per heavy atom. The van der Waals surface area contributed by atoms with Gasteiger partial charge in [0.15, 0.2) is 0 Å². The fourth-order valence-electron chi connectivity index (χ4n) is 1.04. The van der Waals surface area contributed by atoms with Crippen molar-refractivity contribution >= 4 is 17.7 Å². The Hall–Kier alpha value is -1.00. The van der Waals surface area contributed by atoms with E-state index >= 15 is 0 Å². The Bertz CT molecular complexity index is 336. The third kappa shape index (κ3) is 2.75. The van der Waals surface area contributed by atoms with E-state index in [2.05, 4.69) is 0 Å². The lowest BCUT2D eigenvalue weighted by atomic mass is 10.1. The van der Waals surface area contributed by atoms with Crippen molar-refractivity contribution in [1.82, 2.24) is 0 Å². The van der Waals surface area contributed by atoms with E-state index in [9.17, 15) is 4.79 Å². The summed E-state index contributed by atoms with van der Waals surface area (Å²) < 4.78 is 0. The van der Waals surface area contributed by atoms with E-state index in [1.807, 2.05) is 6.92 Å². The highest BCUT2D eigenvalue weighted by atomic mass is 32.2. The summed E-state index contributed by atoms with van der Waals surface area (Å²) in [6.07, 6.45) is 0. The Balaban J connectivity index is 2.90. The predicted molar refractivity (Wildman–Crippen MR) is 55.9 cm³/mol. The molecule has 0 aromatic heterocycles. The Morgan fingerprint density at radius 1 is 1.50 bits per heavy atom.